The van der Waals surface area contributed by atoms with Gasteiger partial charge in [-0.2, -0.15) is 0 Å². The first kappa shape index (κ1) is 14.8. The summed E-state index contributed by atoms with van der Waals surface area (Å²) >= 11 is 0. The molecule has 3 nitrogen and oxygen atoms in total. The number of carbonyl (C=O) groups excluding carboxylic acids is 1. The van der Waals surface area contributed by atoms with Crippen LogP contribution in [0.4, 0.5) is 0 Å². The largest absolute Gasteiger partial charge is 0.346 e. The highest BCUT2D eigenvalue weighted by Crippen LogP contribution is 2.19. The highest BCUT2D eigenvalue weighted by Gasteiger charge is 2.17. The van der Waals surface area contributed by atoms with E-state index >= 15 is 0 Å². The molecule has 1 aromatic carbocycles. The molecule has 0 aliphatic carbocycles. The van der Waals surface area contributed by atoms with Crippen LogP contribution in [0.25, 0.3) is 0 Å². The summed E-state index contributed by atoms with van der Waals surface area (Å²) in [5, 5.41) is 6.23. The molecule has 0 aromatic heterocycles. The zero-order valence-corrected chi connectivity index (χ0v) is 12.8. The first-order chi connectivity index (χ1) is 9.49. The fourth-order valence-electron chi connectivity index (χ4n) is 2.23. The normalized spacial score (nSPS) is 15.8. The van der Waals surface area contributed by atoms with Crippen molar-refractivity contribution >= 4 is 5.91 Å². The minimum atomic E-state index is 0.0345. The fourth-order valence-corrected chi connectivity index (χ4v) is 2.23. The van der Waals surface area contributed by atoms with Gasteiger partial charge >= 0.3 is 0 Å². The van der Waals surface area contributed by atoms with E-state index in [1.165, 1.54) is 11.1 Å². The van der Waals surface area contributed by atoms with E-state index in [9.17, 15) is 4.79 Å². The van der Waals surface area contributed by atoms with Crippen LogP contribution in [-0.2, 0) is 4.79 Å². The predicted octanol–water partition coefficient (Wildman–Crippen LogP) is 2.91. The Balaban J connectivity index is 2.00. The molecule has 1 atom stereocenters. The van der Waals surface area contributed by atoms with Gasteiger partial charge < -0.3 is 10.6 Å². The first-order valence-corrected chi connectivity index (χ1v) is 7.29. The Morgan fingerprint density at radius 3 is 2.10 bits per heavy atom. The van der Waals surface area contributed by atoms with Crippen LogP contribution in [-0.4, -0.2) is 19.0 Å². The van der Waals surface area contributed by atoms with E-state index < -0.39 is 0 Å². The SMILES string of the molecule is CC(C(=O)NC(C)c1ccc(C(C)C)cc1)=C1CNC1. The first-order valence-electron chi connectivity index (χ1n) is 7.29. The molecular formula is C17H24N2O. The van der Waals surface area contributed by atoms with E-state index in [0.29, 0.717) is 5.92 Å². The van der Waals surface area contributed by atoms with Crippen molar-refractivity contribution in [3.63, 3.8) is 0 Å². The molecular weight excluding hydrogens is 248 g/mol. The van der Waals surface area contributed by atoms with Gasteiger partial charge in [0.25, 0.3) is 0 Å². The Kier molecular flexibility index (Phi) is 4.61. The van der Waals surface area contributed by atoms with Crippen LogP contribution in [0.5, 0.6) is 0 Å². The van der Waals surface area contributed by atoms with Crippen molar-refractivity contribution in [2.24, 2.45) is 0 Å². The summed E-state index contributed by atoms with van der Waals surface area (Å²) in [6.07, 6.45) is 0. The number of carbonyl (C=O) groups is 1. The third-order valence-corrected chi connectivity index (χ3v) is 4.00. The summed E-state index contributed by atoms with van der Waals surface area (Å²) in [5.41, 5.74) is 4.54. The molecule has 108 valence electrons. The standard InChI is InChI=1S/C17H24N2O/c1-11(2)14-5-7-15(8-6-14)13(4)19-17(20)12(3)16-9-18-10-16/h5-8,11,13,18H,9-10H2,1-4H3,(H,19,20). The Hall–Kier alpha value is -1.61. The molecule has 1 fully saturated rings. The number of nitrogens with one attached hydrogen (secondary N) is 2. The van der Waals surface area contributed by atoms with E-state index in [1.54, 1.807) is 0 Å². The summed E-state index contributed by atoms with van der Waals surface area (Å²) in [6, 6.07) is 8.53. The summed E-state index contributed by atoms with van der Waals surface area (Å²) < 4.78 is 0. The lowest BCUT2D eigenvalue weighted by Crippen LogP contribution is -2.38. The van der Waals surface area contributed by atoms with Gasteiger partial charge in [-0.15, -0.1) is 0 Å². The molecule has 1 amide bonds. The zero-order valence-electron chi connectivity index (χ0n) is 12.8. The van der Waals surface area contributed by atoms with Gasteiger partial charge in [0.2, 0.25) is 5.91 Å². The van der Waals surface area contributed by atoms with Crippen LogP contribution in [0.2, 0.25) is 0 Å². The van der Waals surface area contributed by atoms with Crippen molar-refractivity contribution in [2.75, 3.05) is 13.1 Å². The second kappa shape index (κ2) is 6.23. The Morgan fingerprint density at radius 1 is 1.10 bits per heavy atom. The molecule has 1 aromatic rings. The molecule has 0 spiro atoms. The van der Waals surface area contributed by atoms with E-state index in [1.807, 2.05) is 13.8 Å². The average Bonchev–Trinajstić information content (AvgIpc) is 2.36. The number of rotatable bonds is 4. The second-order valence-corrected chi connectivity index (χ2v) is 5.85. The molecule has 1 unspecified atom stereocenters. The van der Waals surface area contributed by atoms with Crippen LogP contribution in [0.1, 0.15) is 50.8 Å². The summed E-state index contributed by atoms with van der Waals surface area (Å²) in [7, 11) is 0. The van der Waals surface area contributed by atoms with Gasteiger partial charge in [-0.05, 0) is 36.5 Å². The Bertz CT molecular complexity index is 508. The summed E-state index contributed by atoms with van der Waals surface area (Å²) in [6.45, 7) is 9.98. The smallest absolute Gasteiger partial charge is 0.247 e. The Morgan fingerprint density at radius 2 is 1.65 bits per heavy atom. The van der Waals surface area contributed by atoms with Crippen LogP contribution in [0.3, 0.4) is 0 Å². The zero-order chi connectivity index (χ0) is 14.7. The maximum absolute atomic E-state index is 12.1. The number of hydrogen-bond acceptors (Lipinski definition) is 2. The molecule has 1 heterocycles. The quantitative estimate of drug-likeness (QED) is 0.828. The third kappa shape index (κ3) is 3.28. The Labute approximate surface area is 121 Å². The van der Waals surface area contributed by atoms with E-state index in [-0.39, 0.29) is 11.9 Å². The highest BCUT2D eigenvalue weighted by molar-refractivity contribution is 5.94. The minimum Gasteiger partial charge on any atom is -0.346 e. The van der Waals surface area contributed by atoms with Gasteiger partial charge in [0.15, 0.2) is 0 Å². The summed E-state index contributed by atoms with van der Waals surface area (Å²) in [4.78, 5) is 12.1. The molecule has 3 heteroatoms. The van der Waals surface area contributed by atoms with Gasteiger partial charge in [0, 0.05) is 18.7 Å². The van der Waals surface area contributed by atoms with Gasteiger partial charge in [-0.3, -0.25) is 4.79 Å². The predicted molar refractivity (Wildman–Crippen MR) is 82.7 cm³/mol. The molecule has 0 bridgehead atoms. The molecule has 0 radical (unpaired) electrons. The highest BCUT2D eigenvalue weighted by atomic mass is 16.1. The summed E-state index contributed by atoms with van der Waals surface area (Å²) in [5.74, 6) is 0.578. The van der Waals surface area contributed by atoms with Crippen molar-refractivity contribution < 1.29 is 4.79 Å². The van der Waals surface area contributed by atoms with Gasteiger partial charge in [0.1, 0.15) is 0 Å². The molecule has 0 saturated carbocycles. The molecule has 20 heavy (non-hydrogen) atoms. The molecule has 1 aliphatic rings. The van der Waals surface area contributed by atoms with Gasteiger partial charge in [-0.25, -0.2) is 0 Å². The lowest BCUT2D eigenvalue weighted by atomic mass is 9.99. The topological polar surface area (TPSA) is 41.1 Å². The lowest BCUT2D eigenvalue weighted by Gasteiger charge is -2.23. The lowest BCUT2D eigenvalue weighted by molar-refractivity contribution is -0.118. The van der Waals surface area contributed by atoms with Gasteiger partial charge in [-0.1, -0.05) is 38.1 Å². The second-order valence-electron chi connectivity index (χ2n) is 5.85. The molecule has 1 saturated heterocycles. The maximum atomic E-state index is 12.1. The van der Waals surface area contributed by atoms with Crippen molar-refractivity contribution in [1.82, 2.24) is 10.6 Å². The van der Waals surface area contributed by atoms with Crippen molar-refractivity contribution in [3.05, 3.63) is 46.5 Å². The number of benzene rings is 1. The maximum Gasteiger partial charge on any atom is 0.247 e. The van der Waals surface area contributed by atoms with Crippen LogP contribution >= 0.6 is 0 Å². The van der Waals surface area contributed by atoms with Crippen LogP contribution < -0.4 is 10.6 Å². The van der Waals surface area contributed by atoms with E-state index in [2.05, 4.69) is 48.7 Å². The molecule has 1 aliphatic heterocycles. The van der Waals surface area contributed by atoms with E-state index in [0.717, 1.165) is 24.2 Å². The monoisotopic (exact) mass is 272 g/mol. The third-order valence-electron chi connectivity index (χ3n) is 4.00. The van der Waals surface area contributed by atoms with Crippen LogP contribution in [0.15, 0.2) is 35.4 Å². The van der Waals surface area contributed by atoms with Crippen molar-refractivity contribution in [3.8, 4) is 0 Å². The minimum absolute atomic E-state index is 0.0345. The van der Waals surface area contributed by atoms with Crippen molar-refractivity contribution in [2.45, 2.75) is 39.7 Å². The van der Waals surface area contributed by atoms with E-state index in [4.69, 9.17) is 0 Å². The van der Waals surface area contributed by atoms with Crippen LogP contribution in [0, 0.1) is 0 Å². The number of amides is 1. The van der Waals surface area contributed by atoms with Gasteiger partial charge in [0.05, 0.1) is 6.04 Å². The number of hydrogen-bond donors (Lipinski definition) is 2. The molecule has 2 N–H and O–H groups in total. The molecule has 2 rings (SSSR count). The average molecular weight is 272 g/mol. The van der Waals surface area contributed by atoms with Crippen molar-refractivity contribution in [1.29, 1.82) is 0 Å². The fraction of sp³-hybridized carbons (Fsp3) is 0.471.